The van der Waals surface area contributed by atoms with Gasteiger partial charge in [-0.05, 0) is 23.6 Å². The highest BCUT2D eigenvalue weighted by Gasteiger charge is 2.12. The van der Waals surface area contributed by atoms with Crippen LogP contribution in [-0.4, -0.2) is 31.2 Å². The van der Waals surface area contributed by atoms with Gasteiger partial charge in [-0.15, -0.1) is 0 Å². The molecule has 0 spiro atoms. The van der Waals surface area contributed by atoms with Gasteiger partial charge in [0, 0.05) is 24.7 Å². The van der Waals surface area contributed by atoms with E-state index in [1.165, 1.54) is 17.5 Å². The van der Waals surface area contributed by atoms with E-state index in [9.17, 15) is 0 Å². The third-order valence-corrected chi connectivity index (χ3v) is 3.51. The number of rotatable bonds is 4. The van der Waals surface area contributed by atoms with Crippen LogP contribution < -0.4 is 0 Å². The topological polar surface area (TPSA) is 12.5 Å². The summed E-state index contributed by atoms with van der Waals surface area (Å²) in [6, 6.07) is 6.48. The van der Waals surface area contributed by atoms with Crippen LogP contribution in [0.4, 0.5) is 0 Å². The molecule has 0 saturated carbocycles. The van der Waals surface area contributed by atoms with E-state index in [0.29, 0.717) is 0 Å². The molecule has 3 heteroatoms. The maximum absolute atomic E-state index is 6.33. The first kappa shape index (κ1) is 12.9. The largest absolute Gasteiger partial charge is 0.379 e. The fraction of sp³-hybridized carbons (Fsp3) is 0.571. The molecule has 0 aromatic heterocycles. The average molecular weight is 254 g/mol. The van der Waals surface area contributed by atoms with Gasteiger partial charge in [0.15, 0.2) is 0 Å². The van der Waals surface area contributed by atoms with Gasteiger partial charge in [-0.25, -0.2) is 0 Å². The van der Waals surface area contributed by atoms with Crippen molar-refractivity contribution in [2.45, 2.75) is 26.3 Å². The van der Waals surface area contributed by atoms with Crippen molar-refractivity contribution in [2.24, 2.45) is 0 Å². The Morgan fingerprint density at radius 2 is 2.06 bits per heavy atom. The Bertz CT molecular complexity index is 361. The van der Waals surface area contributed by atoms with Crippen LogP contribution in [0.2, 0.25) is 5.02 Å². The Balaban J connectivity index is 2.00. The van der Waals surface area contributed by atoms with Crippen LogP contribution in [0, 0.1) is 0 Å². The van der Waals surface area contributed by atoms with Crippen LogP contribution >= 0.6 is 11.6 Å². The van der Waals surface area contributed by atoms with E-state index < -0.39 is 0 Å². The molecule has 1 aromatic rings. The summed E-state index contributed by atoms with van der Waals surface area (Å²) in [7, 11) is 0. The number of ether oxygens (including phenoxy) is 1. The number of morpholine rings is 1. The Morgan fingerprint density at radius 3 is 2.71 bits per heavy atom. The van der Waals surface area contributed by atoms with E-state index in [4.69, 9.17) is 16.3 Å². The lowest BCUT2D eigenvalue weighted by Crippen LogP contribution is -2.35. The van der Waals surface area contributed by atoms with Crippen molar-refractivity contribution in [3.05, 3.63) is 34.3 Å². The lowest BCUT2D eigenvalue weighted by atomic mass is 10.1. The summed E-state index contributed by atoms with van der Waals surface area (Å²) in [6.45, 7) is 6.82. The molecular weight excluding hydrogens is 234 g/mol. The molecule has 2 rings (SSSR count). The van der Waals surface area contributed by atoms with Crippen LogP contribution in [-0.2, 0) is 17.7 Å². The SMILES string of the molecule is CCCc1ccc(CN2CCOCC2)c(Cl)c1. The number of hydrogen-bond acceptors (Lipinski definition) is 2. The van der Waals surface area contributed by atoms with Crippen molar-refractivity contribution in [1.82, 2.24) is 4.90 Å². The molecule has 1 aliphatic rings. The summed E-state index contributed by atoms with van der Waals surface area (Å²) in [4.78, 5) is 2.39. The minimum atomic E-state index is 0.839. The molecule has 0 radical (unpaired) electrons. The highest BCUT2D eigenvalue weighted by Crippen LogP contribution is 2.20. The number of aryl methyl sites for hydroxylation is 1. The number of hydrogen-bond donors (Lipinski definition) is 0. The molecule has 0 N–H and O–H groups in total. The molecule has 1 saturated heterocycles. The maximum Gasteiger partial charge on any atom is 0.0594 e. The van der Waals surface area contributed by atoms with Gasteiger partial charge in [0.2, 0.25) is 0 Å². The van der Waals surface area contributed by atoms with Gasteiger partial charge >= 0.3 is 0 Å². The Morgan fingerprint density at radius 1 is 1.29 bits per heavy atom. The molecule has 0 unspecified atom stereocenters. The molecule has 0 aliphatic carbocycles. The normalized spacial score (nSPS) is 17.3. The fourth-order valence-corrected chi connectivity index (χ4v) is 2.43. The summed E-state index contributed by atoms with van der Waals surface area (Å²) in [5.41, 5.74) is 2.57. The minimum absolute atomic E-state index is 0.839. The second-order valence-electron chi connectivity index (χ2n) is 4.56. The molecule has 17 heavy (non-hydrogen) atoms. The summed E-state index contributed by atoms with van der Waals surface area (Å²) < 4.78 is 5.34. The van der Waals surface area contributed by atoms with Gasteiger partial charge in [0.1, 0.15) is 0 Å². The molecule has 1 fully saturated rings. The fourth-order valence-electron chi connectivity index (χ4n) is 2.16. The van der Waals surface area contributed by atoms with Gasteiger partial charge < -0.3 is 4.74 Å². The number of halogens is 1. The number of benzene rings is 1. The van der Waals surface area contributed by atoms with E-state index in [1.54, 1.807) is 0 Å². The molecule has 0 bridgehead atoms. The zero-order chi connectivity index (χ0) is 12.1. The van der Waals surface area contributed by atoms with Crippen molar-refractivity contribution < 1.29 is 4.74 Å². The second kappa shape index (κ2) is 6.39. The predicted molar refractivity (Wildman–Crippen MR) is 71.5 cm³/mol. The molecule has 2 nitrogen and oxygen atoms in total. The third kappa shape index (κ3) is 3.70. The lowest BCUT2D eigenvalue weighted by molar-refractivity contribution is 0.0342. The van der Waals surface area contributed by atoms with Gasteiger partial charge in [0.05, 0.1) is 13.2 Å². The second-order valence-corrected chi connectivity index (χ2v) is 4.97. The first-order valence-corrected chi connectivity index (χ1v) is 6.75. The lowest BCUT2D eigenvalue weighted by Gasteiger charge is -2.27. The van der Waals surface area contributed by atoms with E-state index in [1.807, 2.05) is 0 Å². The molecule has 94 valence electrons. The van der Waals surface area contributed by atoms with Crippen molar-refractivity contribution in [3.63, 3.8) is 0 Å². The quantitative estimate of drug-likeness (QED) is 0.818. The van der Waals surface area contributed by atoms with Crippen molar-refractivity contribution in [2.75, 3.05) is 26.3 Å². The minimum Gasteiger partial charge on any atom is -0.379 e. The average Bonchev–Trinajstić information content (AvgIpc) is 2.34. The van der Waals surface area contributed by atoms with Gasteiger partial charge in [-0.2, -0.15) is 0 Å². The van der Waals surface area contributed by atoms with Gasteiger partial charge in [0.25, 0.3) is 0 Å². The Labute approximate surface area is 109 Å². The first-order valence-electron chi connectivity index (χ1n) is 6.37. The molecular formula is C14H20ClNO. The maximum atomic E-state index is 6.33. The van der Waals surface area contributed by atoms with E-state index in [2.05, 4.69) is 30.0 Å². The summed E-state index contributed by atoms with van der Waals surface area (Å²) in [5, 5.41) is 0.905. The molecule has 1 heterocycles. The summed E-state index contributed by atoms with van der Waals surface area (Å²) in [5.74, 6) is 0. The predicted octanol–water partition coefficient (Wildman–Crippen LogP) is 3.12. The Kier molecular flexibility index (Phi) is 4.84. The molecule has 0 atom stereocenters. The van der Waals surface area contributed by atoms with E-state index in [-0.39, 0.29) is 0 Å². The zero-order valence-electron chi connectivity index (χ0n) is 10.4. The van der Waals surface area contributed by atoms with Crippen LogP contribution in [0.5, 0.6) is 0 Å². The first-order chi connectivity index (χ1) is 8.29. The number of nitrogens with zero attached hydrogens (tertiary/aromatic N) is 1. The van der Waals surface area contributed by atoms with Crippen LogP contribution in [0.3, 0.4) is 0 Å². The van der Waals surface area contributed by atoms with Crippen molar-refractivity contribution in [1.29, 1.82) is 0 Å². The van der Waals surface area contributed by atoms with Gasteiger partial charge in [-0.1, -0.05) is 37.1 Å². The van der Waals surface area contributed by atoms with Crippen molar-refractivity contribution in [3.8, 4) is 0 Å². The van der Waals surface area contributed by atoms with E-state index >= 15 is 0 Å². The smallest absolute Gasteiger partial charge is 0.0594 e. The summed E-state index contributed by atoms with van der Waals surface area (Å²) >= 11 is 6.33. The van der Waals surface area contributed by atoms with Gasteiger partial charge in [-0.3, -0.25) is 4.90 Å². The standard InChI is InChI=1S/C14H20ClNO/c1-2-3-12-4-5-13(14(15)10-12)11-16-6-8-17-9-7-16/h4-5,10H,2-3,6-9,11H2,1H3. The van der Waals surface area contributed by atoms with Crippen LogP contribution in [0.1, 0.15) is 24.5 Å². The van der Waals surface area contributed by atoms with Crippen LogP contribution in [0.25, 0.3) is 0 Å². The summed E-state index contributed by atoms with van der Waals surface area (Å²) in [6.07, 6.45) is 2.27. The monoisotopic (exact) mass is 253 g/mol. The highest BCUT2D eigenvalue weighted by molar-refractivity contribution is 6.31. The molecule has 1 aliphatic heterocycles. The molecule has 0 amide bonds. The van der Waals surface area contributed by atoms with Crippen molar-refractivity contribution >= 4 is 11.6 Å². The Hall–Kier alpha value is -0.570. The zero-order valence-corrected chi connectivity index (χ0v) is 11.2. The highest BCUT2D eigenvalue weighted by atomic mass is 35.5. The molecule has 1 aromatic carbocycles. The third-order valence-electron chi connectivity index (χ3n) is 3.15. The van der Waals surface area contributed by atoms with E-state index in [0.717, 1.165) is 44.3 Å². The van der Waals surface area contributed by atoms with Crippen LogP contribution in [0.15, 0.2) is 18.2 Å².